The van der Waals surface area contributed by atoms with E-state index in [0.717, 1.165) is 19.3 Å². The van der Waals surface area contributed by atoms with Crippen LogP contribution in [0.2, 0.25) is 0 Å². The van der Waals surface area contributed by atoms with E-state index in [-0.39, 0.29) is 38.0 Å². The summed E-state index contributed by atoms with van der Waals surface area (Å²) in [6.07, 6.45) is 12.6. The summed E-state index contributed by atoms with van der Waals surface area (Å²) in [6.45, 7) is 1.04. The third kappa shape index (κ3) is 23.7. The lowest BCUT2D eigenvalue weighted by Gasteiger charge is -2.28. The molecule has 0 amide bonds. The van der Waals surface area contributed by atoms with Gasteiger partial charge in [-0.15, -0.1) is 10.2 Å². The first kappa shape index (κ1) is 48.9. The second-order valence-electron chi connectivity index (χ2n) is 15.9. The van der Waals surface area contributed by atoms with Crippen LogP contribution in [0.4, 0.5) is 13.2 Å². The van der Waals surface area contributed by atoms with Crippen molar-refractivity contribution in [3.63, 3.8) is 0 Å². The SMILES string of the molecule is [3H]C(Cc1ccc(C2(C(F)(F)F)N=N2)cc1)OCCCCCCC(=O)OC(COC(=O)CCCCCCCCCCCCCCC)COP(=O)([O-])OCC[N+](C)(C)C. The van der Waals surface area contributed by atoms with Gasteiger partial charge in [0, 0.05) is 25.0 Å². The zero-order valence-corrected chi connectivity index (χ0v) is 35.6. The number of likely N-dealkylation sites (N-methyl/N-ethyl adjacent to an activating group) is 1. The molecule has 0 fully saturated rings. The number of hydrogen-bond acceptors (Lipinski definition) is 11. The Morgan fingerprint density at radius 3 is 1.84 bits per heavy atom. The van der Waals surface area contributed by atoms with Crippen LogP contribution in [0.1, 0.15) is 141 Å². The van der Waals surface area contributed by atoms with Gasteiger partial charge in [0.05, 0.1) is 35.7 Å². The van der Waals surface area contributed by atoms with Crippen molar-refractivity contribution in [2.45, 2.75) is 153 Å². The Morgan fingerprint density at radius 1 is 0.789 bits per heavy atom. The highest BCUT2D eigenvalue weighted by Crippen LogP contribution is 2.52. The van der Waals surface area contributed by atoms with Gasteiger partial charge in [0.2, 0.25) is 0 Å². The minimum absolute atomic E-state index is 0.0482. The van der Waals surface area contributed by atoms with Crippen molar-refractivity contribution < 1.29 is 61.3 Å². The smallest absolute Gasteiger partial charge is 0.442 e. The van der Waals surface area contributed by atoms with Crippen molar-refractivity contribution in [2.24, 2.45) is 10.2 Å². The lowest BCUT2D eigenvalue weighted by atomic mass is 10.0. The van der Waals surface area contributed by atoms with Crippen LogP contribution in [0.15, 0.2) is 34.5 Å². The van der Waals surface area contributed by atoms with E-state index in [1.54, 1.807) is 0 Å². The first-order valence-electron chi connectivity index (χ1n) is 21.4. The summed E-state index contributed by atoms with van der Waals surface area (Å²) >= 11 is 0. The van der Waals surface area contributed by atoms with Crippen molar-refractivity contribution in [1.29, 1.82) is 0 Å². The highest BCUT2D eigenvalue weighted by molar-refractivity contribution is 7.45. The quantitative estimate of drug-likeness (QED) is 0.0282. The van der Waals surface area contributed by atoms with E-state index in [1.807, 2.05) is 21.1 Å². The van der Waals surface area contributed by atoms with Gasteiger partial charge in [-0.2, -0.15) is 13.2 Å². The molecule has 12 nitrogen and oxygen atoms in total. The van der Waals surface area contributed by atoms with E-state index in [0.29, 0.717) is 55.3 Å². The van der Waals surface area contributed by atoms with Crippen molar-refractivity contribution in [3.8, 4) is 0 Å². The van der Waals surface area contributed by atoms with Gasteiger partial charge in [0.25, 0.3) is 7.82 Å². The third-order valence-electron chi connectivity index (χ3n) is 9.52. The molecule has 0 N–H and O–H groups in total. The highest BCUT2D eigenvalue weighted by atomic mass is 31.2. The maximum atomic E-state index is 13.2. The summed E-state index contributed by atoms with van der Waals surface area (Å²) in [7, 11) is 0.959. The van der Waals surface area contributed by atoms with E-state index in [2.05, 4.69) is 17.2 Å². The zero-order valence-electron chi connectivity index (χ0n) is 35.7. The fraction of sp³-hybridized carbons (Fsp3) is 0.805. The second-order valence-corrected chi connectivity index (χ2v) is 17.3. The molecular formula is C41H69F3N3O9P. The zero-order chi connectivity index (χ0) is 42.9. The number of benzene rings is 1. The Kier molecular flexibility index (Phi) is 23.5. The predicted octanol–water partition coefficient (Wildman–Crippen LogP) is 9.52. The van der Waals surface area contributed by atoms with Crippen molar-refractivity contribution >= 4 is 19.8 Å². The topological polar surface area (TPSA) is 145 Å². The number of phosphoric ester groups is 1. The summed E-state index contributed by atoms with van der Waals surface area (Å²) in [5.41, 5.74) is -1.89. The Labute approximate surface area is 340 Å². The predicted molar refractivity (Wildman–Crippen MR) is 210 cm³/mol. The monoisotopic (exact) mass is 837 g/mol. The molecule has 328 valence electrons. The highest BCUT2D eigenvalue weighted by Gasteiger charge is 2.65. The van der Waals surface area contributed by atoms with Crippen molar-refractivity contribution in [3.05, 3.63) is 35.4 Å². The Hall–Kier alpha value is -2.42. The van der Waals surface area contributed by atoms with Crippen LogP contribution in [-0.2, 0) is 49.5 Å². The molecule has 3 atom stereocenters. The number of hydrogen-bond donors (Lipinski definition) is 0. The molecule has 0 spiro atoms. The van der Waals surface area contributed by atoms with Gasteiger partial charge in [0.1, 0.15) is 19.8 Å². The van der Waals surface area contributed by atoms with Crippen LogP contribution < -0.4 is 4.89 Å². The maximum Gasteiger partial charge on any atom is 0.442 e. The molecule has 1 aromatic carbocycles. The minimum Gasteiger partial charge on any atom is -0.756 e. The van der Waals surface area contributed by atoms with E-state index in [1.165, 1.54) is 82.1 Å². The minimum atomic E-state index is -4.70. The molecule has 0 aromatic heterocycles. The van der Waals surface area contributed by atoms with Crippen LogP contribution in [0.25, 0.3) is 0 Å². The van der Waals surface area contributed by atoms with E-state index in [4.69, 9.17) is 24.6 Å². The Balaban J connectivity index is 1.66. The summed E-state index contributed by atoms with van der Waals surface area (Å²) in [4.78, 5) is 37.5. The maximum absolute atomic E-state index is 13.2. The number of carbonyl (C=O) groups is 2. The average Bonchev–Trinajstić information content (AvgIpc) is 3.97. The number of unbranched alkanes of at least 4 members (excludes halogenated alkanes) is 15. The first-order chi connectivity index (χ1) is 27.5. The lowest BCUT2D eigenvalue weighted by molar-refractivity contribution is -0.870. The molecule has 3 unspecified atom stereocenters. The molecular weight excluding hydrogens is 766 g/mol. The second kappa shape index (κ2) is 27.4. The largest absolute Gasteiger partial charge is 0.756 e. The summed E-state index contributed by atoms with van der Waals surface area (Å²) < 4.78 is 86.9. The number of alkyl halides is 3. The standard InChI is InChI=1S/C41H69F3N3O9P/c1-5-6-7-8-9-10-11-12-13-14-15-16-19-22-38(48)53-33-37(34-55-57(50,51)54-32-29-47(2,3)4)56-39(49)23-20-17-18-21-30-52-31-28-35-24-26-36(27-25-35)40(45-46-40)41(42,43)44/h24-27,37H,5-23,28-34H2,1-4H3/i31T. The fourth-order valence-electron chi connectivity index (χ4n) is 5.91. The van der Waals surface area contributed by atoms with Gasteiger partial charge in [-0.25, -0.2) is 0 Å². The van der Waals surface area contributed by atoms with Crippen LogP contribution in [0.3, 0.4) is 0 Å². The average molecular weight is 838 g/mol. The lowest BCUT2D eigenvalue weighted by Crippen LogP contribution is -2.37. The first-order valence-corrected chi connectivity index (χ1v) is 22.3. The van der Waals surface area contributed by atoms with Gasteiger partial charge >= 0.3 is 23.8 Å². The van der Waals surface area contributed by atoms with E-state index < -0.39 is 50.9 Å². The van der Waals surface area contributed by atoms with Crippen LogP contribution >= 0.6 is 7.82 Å². The molecule has 0 saturated heterocycles. The molecule has 16 heteroatoms. The summed E-state index contributed by atoms with van der Waals surface area (Å²) in [5.74, 6) is -1.05. The van der Waals surface area contributed by atoms with Gasteiger partial charge in [-0.3, -0.25) is 14.2 Å². The molecule has 1 aliphatic rings. The fourth-order valence-corrected chi connectivity index (χ4v) is 6.64. The Morgan fingerprint density at radius 2 is 1.32 bits per heavy atom. The molecule has 1 aliphatic heterocycles. The summed E-state index contributed by atoms with van der Waals surface area (Å²) in [6, 6.07) is 5.65. The number of halogens is 3. The number of phosphoric acid groups is 1. The molecule has 1 heterocycles. The van der Waals surface area contributed by atoms with Crippen LogP contribution in [0.5, 0.6) is 0 Å². The molecule has 1 aromatic rings. The number of rotatable bonds is 35. The van der Waals surface area contributed by atoms with Crippen LogP contribution in [-0.4, -0.2) is 89.4 Å². The molecule has 0 bridgehead atoms. The third-order valence-corrected chi connectivity index (χ3v) is 10.5. The van der Waals surface area contributed by atoms with Crippen molar-refractivity contribution in [2.75, 3.05) is 60.7 Å². The number of esters is 2. The van der Waals surface area contributed by atoms with Crippen LogP contribution in [0, 0.1) is 0 Å². The normalized spacial score (nSPS) is 16.1. The molecule has 0 aliphatic carbocycles. The molecule has 57 heavy (non-hydrogen) atoms. The van der Waals surface area contributed by atoms with Gasteiger partial charge in [0.15, 0.2) is 6.10 Å². The van der Waals surface area contributed by atoms with Gasteiger partial charge in [-0.1, -0.05) is 121 Å². The summed E-state index contributed by atoms with van der Waals surface area (Å²) in [5, 5.41) is 6.39. The Bertz CT molecular complexity index is 1380. The van der Waals surface area contributed by atoms with E-state index >= 15 is 0 Å². The van der Waals surface area contributed by atoms with Gasteiger partial charge < -0.3 is 32.6 Å². The van der Waals surface area contributed by atoms with Crippen molar-refractivity contribution in [1.82, 2.24) is 0 Å². The number of carbonyl (C=O) groups excluding carboxylic acids is 2. The molecule has 2 rings (SSSR count). The van der Waals surface area contributed by atoms with E-state index in [9.17, 15) is 32.2 Å². The number of quaternary nitrogens is 1. The van der Waals surface area contributed by atoms with Gasteiger partial charge in [-0.05, 0) is 31.2 Å². The molecule has 0 radical (unpaired) electrons. The molecule has 0 saturated carbocycles. The number of ether oxygens (including phenoxy) is 3. The number of nitrogens with zero attached hydrogens (tertiary/aromatic N) is 3. The number of aryl methyl sites for hydroxylation is 1.